The van der Waals surface area contributed by atoms with Crippen molar-refractivity contribution in [2.75, 3.05) is 20.2 Å². The van der Waals surface area contributed by atoms with E-state index in [0.29, 0.717) is 30.0 Å². The van der Waals surface area contributed by atoms with Crippen molar-refractivity contribution in [1.29, 1.82) is 0 Å². The summed E-state index contributed by atoms with van der Waals surface area (Å²) in [5.74, 6) is -1.11. The van der Waals surface area contributed by atoms with E-state index in [1.165, 1.54) is 47.8 Å². The molecule has 1 aliphatic heterocycles. The van der Waals surface area contributed by atoms with E-state index in [4.69, 9.17) is 16.3 Å². The first-order valence-corrected chi connectivity index (χ1v) is 11.4. The number of hydrogen-bond donors (Lipinski definition) is 1. The van der Waals surface area contributed by atoms with E-state index in [9.17, 15) is 17.6 Å². The molecule has 3 rings (SSSR count). The molecule has 1 aliphatic rings. The number of halogens is 2. The molecule has 1 saturated heterocycles. The molecule has 2 atom stereocenters. The van der Waals surface area contributed by atoms with Crippen LogP contribution >= 0.6 is 11.6 Å². The summed E-state index contributed by atoms with van der Waals surface area (Å²) in [6.07, 6.45) is 1.17. The number of nitrogens with one attached hydrogen (secondary N) is 1. The van der Waals surface area contributed by atoms with Gasteiger partial charge in [-0.3, -0.25) is 4.79 Å². The van der Waals surface area contributed by atoms with Crippen molar-refractivity contribution in [1.82, 2.24) is 9.62 Å². The van der Waals surface area contributed by atoms with Gasteiger partial charge in [0.25, 0.3) is 0 Å². The Morgan fingerprint density at radius 1 is 1.27 bits per heavy atom. The predicted octanol–water partition coefficient (Wildman–Crippen LogP) is 3.77. The van der Waals surface area contributed by atoms with Crippen LogP contribution in [0.4, 0.5) is 4.39 Å². The van der Waals surface area contributed by atoms with Gasteiger partial charge in [0.15, 0.2) is 11.6 Å². The van der Waals surface area contributed by atoms with Gasteiger partial charge in [0.05, 0.1) is 24.0 Å². The molecule has 2 aromatic rings. The largest absolute Gasteiger partial charge is 0.494 e. The normalized spacial score (nSPS) is 18.6. The van der Waals surface area contributed by atoms with Crippen LogP contribution in [0.2, 0.25) is 5.02 Å². The highest BCUT2D eigenvalue weighted by Crippen LogP contribution is 2.26. The van der Waals surface area contributed by atoms with Crippen LogP contribution in [0.5, 0.6) is 5.75 Å². The number of ether oxygens (including phenoxy) is 1. The van der Waals surface area contributed by atoms with Crippen molar-refractivity contribution >= 4 is 27.5 Å². The maximum atomic E-state index is 14.0. The van der Waals surface area contributed by atoms with E-state index in [1.807, 2.05) is 0 Å². The number of rotatable bonds is 6. The third-order valence-corrected chi connectivity index (χ3v) is 7.37. The second-order valence-corrected chi connectivity index (χ2v) is 9.65. The van der Waals surface area contributed by atoms with Crippen LogP contribution < -0.4 is 10.1 Å². The highest BCUT2D eigenvalue weighted by Gasteiger charge is 2.33. The molecule has 2 unspecified atom stereocenters. The molecule has 9 heteroatoms. The number of hydrogen-bond acceptors (Lipinski definition) is 4. The third kappa shape index (κ3) is 4.94. The molecule has 0 saturated carbocycles. The van der Waals surface area contributed by atoms with E-state index in [0.717, 1.165) is 0 Å². The Labute approximate surface area is 181 Å². The third-order valence-electron chi connectivity index (χ3n) is 5.24. The topological polar surface area (TPSA) is 75.7 Å². The molecule has 0 aromatic heterocycles. The van der Waals surface area contributed by atoms with Gasteiger partial charge in [-0.2, -0.15) is 4.31 Å². The average Bonchev–Trinajstić information content (AvgIpc) is 2.74. The summed E-state index contributed by atoms with van der Waals surface area (Å²) >= 11 is 5.85. The lowest BCUT2D eigenvalue weighted by atomic mass is 9.98. The highest BCUT2D eigenvalue weighted by atomic mass is 35.5. The van der Waals surface area contributed by atoms with E-state index in [2.05, 4.69) is 5.32 Å². The van der Waals surface area contributed by atoms with Gasteiger partial charge in [-0.05, 0) is 61.7 Å². The van der Waals surface area contributed by atoms with Crippen molar-refractivity contribution in [2.24, 2.45) is 5.92 Å². The van der Waals surface area contributed by atoms with Gasteiger partial charge in [0.2, 0.25) is 15.9 Å². The van der Waals surface area contributed by atoms with Crippen LogP contribution in [0, 0.1) is 11.7 Å². The molecule has 1 heterocycles. The quantitative estimate of drug-likeness (QED) is 0.721. The van der Waals surface area contributed by atoms with Crippen LogP contribution in [-0.4, -0.2) is 38.8 Å². The number of amides is 1. The van der Waals surface area contributed by atoms with Gasteiger partial charge in [-0.15, -0.1) is 0 Å². The standard InChI is InChI=1S/C21H24ClFN2O4S/c1-14(15-5-10-20(29-2)19(23)12-15)24-21(26)16-4-3-11-25(13-16)30(27,28)18-8-6-17(22)7-9-18/h5-10,12,14,16H,3-4,11,13H2,1-2H3,(H,24,26). The van der Waals surface area contributed by atoms with Gasteiger partial charge < -0.3 is 10.1 Å². The van der Waals surface area contributed by atoms with E-state index < -0.39 is 27.8 Å². The Morgan fingerprint density at radius 3 is 2.60 bits per heavy atom. The Bertz CT molecular complexity index is 1010. The number of carbonyl (C=O) groups excluding carboxylic acids is 1. The van der Waals surface area contributed by atoms with Crippen molar-refractivity contribution in [3.63, 3.8) is 0 Å². The van der Waals surface area contributed by atoms with Crippen LogP contribution in [0.15, 0.2) is 47.4 Å². The average molecular weight is 455 g/mol. The van der Waals surface area contributed by atoms with Crippen LogP contribution in [-0.2, 0) is 14.8 Å². The lowest BCUT2D eigenvalue weighted by Crippen LogP contribution is -2.45. The molecule has 30 heavy (non-hydrogen) atoms. The van der Waals surface area contributed by atoms with Crippen molar-refractivity contribution in [3.05, 3.63) is 58.9 Å². The minimum Gasteiger partial charge on any atom is -0.494 e. The minimum atomic E-state index is -3.71. The molecule has 0 bridgehead atoms. The Balaban J connectivity index is 1.68. The monoisotopic (exact) mass is 454 g/mol. The van der Waals surface area contributed by atoms with Crippen LogP contribution in [0.25, 0.3) is 0 Å². The van der Waals surface area contributed by atoms with Crippen molar-refractivity contribution in [3.8, 4) is 5.75 Å². The fourth-order valence-corrected chi connectivity index (χ4v) is 5.15. The van der Waals surface area contributed by atoms with E-state index >= 15 is 0 Å². The lowest BCUT2D eigenvalue weighted by molar-refractivity contribution is -0.126. The zero-order chi connectivity index (χ0) is 21.9. The predicted molar refractivity (Wildman–Crippen MR) is 112 cm³/mol. The highest BCUT2D eigenvalue weighted by molar-refractivity contribution is 7.89. The molecule has 0 radical (unpaired) electrons. The Morgan fingerprint density at radius 2 is 1.97 bits per heavy atom. The first-order valence-electron chi connectivity index (χ1n) is 9.62. The van der Waals surface area contributed by atoms with Crippen LogP contribution in [0.3, 0.4) is 0 Å². The molecule has 0 aliphatic carbocycles. The number of carbonyl (C=O) groups is 1. The number of sulfonamides is 1. The summed E-state index contributed by atoms with van der Waals surface area (Å²) in [4.78, 5) is 12.9. The van der Waals surface area contributed by atoms with Crippen molar-refractivity contribution in [2.45, 2.75) is 30.7 Å². The van der Waals surface area contributed by atoms with E-state index in [1.54, 1.807) is 13.0 Å². The first-order chi connectivity index (χ1) is 14.2. The molecule has 6 nitrogen and oxygen atoms in total. The van der Waals surface area contributed by atoms with Gasteiger partial charge >= 0.3 is 0 Å². The molecular formula is C21H24ClFN2O4S. The van der Waals surface area contributed by atoms with E-state index in [-0.39, 0.29) is 23.1 Å². The molecular weight excluding hydrogens is 431 g/mol. The fourth-order valence-electron chi connectivity index (χ4n) is 3.50. The lowest BCUT2D eigenvalue weighted by Gasteiger charge is -2.32. The molecule has 1 fully saturated rings. The summed E-state index contributed by atoms with van der Waals surface area (Å²) in [6.45, 7) is 2.21. The molecule has 1 N–H and O–H groups in total. The SMILES string of the molecule is COc1ccc(C(C)NC(=O)C2CCCN(S(=O)(=O)c3ccc(Cl)cc3)C2)cc1F. The van der Waals surface area contributed by atoms with Gasteiger partial charge in [0.1, 0.15) is 0 Å². The van der Waals surface area contributed by atoms with Crippen LogP contribution in [0.1, 0.15) is 31.4 Å². The maximum Gasteiger partial charge on any atom is 0.243 e. The minimum absolute atomic E-state index is 0.0977. The fraction of sp³-hybridized carbons (Fsp3) is 0.381. The molecule has 2 aromatic carbocycles. The van der Waals surface area contributed by atoms with Crippen molar-refractivity contribution < 1.29 is 22.3 Å². The zero-order valence-electron chi connectivity index (χ0n) is 16.8. The number of methoxy groups -OCH3 is 1. The van der Waals surface area contributed by atoms with Gasteiger partial charge in [-0.1, -0.05) is 17.7 Å². The Kier molecular flexibility index (Phi) is 7.00. The smallest absolute Gasteiger partial charge is 0.243 e. The summed E-state index contributed by atoms with van der Waals surface area (Å²) < 4.78 is 46.0. The molecule has 0 spiro atoms. The Hall–Kier alpha value is -2.16. The van der Waals surface area contributed by atoms with Gasteiger partial charge in [-0.25, -0.2) is 12.8 Å². The van der Waals surface area contributed by atoms with Gasteiger partial charge in [0, 0.05) is 18.1 Å². The second kappa shape index (κ2) is 9.32. The summed E-state index contributed by atoms with van der Waals surface area (Å²) in [6, 6.07) is 10.1. The summed E-state index contributed by atoms with van der Waals surface area (Å²) in [5.41, 5.74) is 0.600. The zero-order valence-corrected chi connectivity index (χ0v) is 18.3. The first kappa shape index (κ1) is 22.5. The number of benzene rings is 2. The number of piperidine rings is 1. The summed E-state index contributed by atoms with van der Waals surface area (Å²) in [7, 11) is -2.32. The number of nitrogens with zero attached hydrogens (tertiary/aromatic N) is 1. The second-order valence-electron chi connectivity index (χ2n) is 7.28. The summed E-state index contributed by atoms with van der Waals surface area (Å²) in [5, 5.41) is 3.32. The maximum absolute atomic E-state index is 14.0. The molecule has 162 valence electrons. The molecule has 1 amide bonds.